The van der Waals surface area contributed by atoms with E-state index < -0.39 is 0 Å². The van der Waals surface area contributed by atoms with Crippen LogP contribution in [0.3, 0.4) is 0 Å². The van der Waals surface area contributed by atoms with Crippen LogP contribution in [0.15, 0.2) is 24.3 Å². The van der Waals surface area contributed by atoms with Gasteiger partial charge in [0.05, 0.1) is 19.3 Å². The fourth-order valence-corrected chi connectivity index (χ4v) is 1.47. The lowest BCUT2D eigenvalue weighted by atomic mass is 10.1. The normalized spacial score (nSPS) is 11.8. The van der Waals surface area contributed by atoms with Gasteiger partial charge >= 0.3 is 0 Å². The van der Waals surface area contributed by atoms with Crippen LogP contribution in [-0.4, -0.2) is 31.0 Å². The molecule has 0 aliphatic carbocycles. The predicted octanol–water partition coefficient (Wildman–Crippen LogP) is 2.86. The second kappa shape index (κ2) is 9.41. The maximum absolute atomic E-state index is 8.68. The van der Waals surface area contributed by atoms with Crippen molar-refractivity contribution in [3.63, 3.8) is 0 Å². The molecule has 1 atom stereocenters. The highest BCUT2D eigenvalue weighted by Gasteiger charge is 2.06. The number of rotatable bonds is 7. The Kier molecular flexibility index (Phi) is 7.79. The van der Waals surface area contributed by atoms with E-state index in [-0.39, 0.29) is 12.7 Å². The van der Waals surface area contributed by atoms with Gasteiger partial charge in [0.2, 0.25) is 0 Å². The van der Waals surface area contributed by atoms with Crippen molar-refractivity contribution in [2.75, 3.05) is 19.8 Å². The van der Waals surface area contributed by atoms with Crippen LogP contribution >= 0.6 is 0 Å². The molecule has 3 heteroatoms. The molecule has 3 nitrogen and oxygen atoms in total. The van der Waals surface area contributed by atoms with Crippen molar-refractivity contribution in [3.05, 3.63) is 29.8 Å². The lowest BCUT2D eigenvalue weighted by Gasteiger charge is -2.16. The van der Waals surface area contributed by atoms with Crippen molar-refractivity contribution in [2.24, 2.45) is 5.92 Å². The number of hydrogen-bond donors (Lipinski definition) is 1. The number of aliphatic hydroxyl groups is 1. The molecule has 0 spiro atoms. The molecule has 1 aromatic rings. The van der Waals surface area contributed by atoms with E-state index in [0.717, 1.165) is 11.3 Å². The molecule has 1 rings (SSSR count). The highest BCUT2D eigenvalue weighted by atomic mass is 16.5. The van der Waals surface area contributed by atoms with Gasteiger partial charge < -0.3 is 14.6 Å². The predicted molar refractivity (Wildman–Crippen MR) is 80.8 cm³/mol. The topological polar surface area (TPSA) is 38.7 Å². The van der Waals surface area contributed by atoms with E-state index in [2.05, 4.69) is 32.6 Å². The van der Waals surface area contributed by atoms with E-state index >= 15 is 0 Å². The number of aliphatic hydroxyl groups excluding tert-OH is 1. The molecule has 0 aromatic heterocycles. The summed E-state index contributed by atoms with van der Waals surface area (Å²) in [5.41, 5.74) is 0.896. The molecule has 0 aliphatic heterocycles. The van der Waals surface area contributed by atoms with Crippen LogP contribution in [0.1, 0.15) is 32.8 Å². The minimum atomic E-state index is 0.0918. The summed E-state index contributed by atoms with van der Waals surface area (Å²) in [7, 11) is 0. The first kappa shape index (κ1) is 16.6. The van der Waals surface area contributed by atoms with Crippen LogP contribution in [-0.2, 0) is 4.74 Å². The van der Waals surface area contributed by atoms with Crippen molar-refractivity contribution in [3.8, 4) is 17.6 Å². The van der Waals surface area contributed by atoms with E-state index in [0.29, 0.717) is 25.6 Å². The SMILES string of the molecule is CC(C)C(C)OCCOc1cccc(C#CCCO)c1. The first-order valence-electron chi connectivity index (χ1n) is 7.07. The van der Waals surface area contributed by atoms with Crippen LogP contribution < -0.4 is 4.74 Å². The fourth-order valence-electron chi connectivity index (χ4n) is 1.47. The Balaban J connectivity index is 2.37. The summed E-state index contributed by atoms with van der Waals surface area (Å²) in [4.78, 5) is 0. The Morgan fingerprint density at radius 2 is 2.00 bits per heavy atom. The molecule has 20 heavy (non-hydrogen) atoms. The molecule has 1 N–H and O–H groups in total. The molecular formula is C17H24O3. The Morgan fingerprint density at radius 1 is 1.20 bits per heavy atom. The van der Waals surface area contributed by atoms with Gasteiger partial charge in [0.1, 0.15) is 12.4 Å². The molecule has 0 bridgehead atoms. The molecule has 0 aliphatic rings. The van der Waals surface area contributed by atoms with Crippen LogP contribution in [0.25, 0.3) is 0 Å². The quantitative estimate of drug-likeness (QED) is 0.615. The summed E-state index contributed by atoms with van der Waals surface area (Å²) in [6.07, 6.45) is 0.737. The molecule has 0 fully saturated rings. The third kappa shape index (κ3) is 6.60. The van der Waals surface area contributed by atoms with Gasteiger partial charge in [-0.2, -0.15) is 0 Å². The first-order chi connectivity index (χ1) is 9.63. The average Bonchev–Trinajstić information content (AvgIpc) is 2.44. The van der Waals surface area contributed by atoms with Crippen LogP contribution in [0, 0.1) is 17.8 Å². The maximum atomic E-state index is 8.68. The maximum Gasteiger partial charge on any atom is 0.120 e. The standard InChI is InChI=1S/C17H24O3/c1-14(2)15(3)19-11-12-20-17-9-6-8-16(13-17)7-4-5-10-18/h6,8-9,13-15,18H,5,10-12H2,1-3H3. The van der Waals surface area contributed by atoms with Crippen molar-refractivity contribution in [2.45, 2.75) is 33.3 Å². The van der Waals surface area contributed by atoms with Crippen molar-refractivity contribution < 1.29 is 14.6 Å². The van der Waals surface area contributed by atoms with Crippen molar-refractivity contribution in [1.82, 2.24) is 0 Å². The summed E-state index contributed by atoms with van der Waals surface area (Å²) in [6, 6.07) is 7.64. The zero-order valence-corrected chi connectivity index (χ0v) is 12.6. The van der Waals surface area contributed by atoms with Crippen LogP contribution in [0.5, 0.6) is 5.75 Å². The summed E-state index contributed by atoms with van der Waals surface area (Å²) >= 11 is 0. The van der Waals surface area contributed by atoms with Gasteiger partial charge in [0.15, 0.2) is 0 Å². The molecule has 110 valence electrons. The Bertz CT molecular complexity index is 443. The summed E-state index contributed by atoms with van der Waals surface area (Å²) in [5.74, 6) is 7.19. The van der Waals surface area contributed by atoms with Crippen LogP contribution in [0.4, 0.5) is 0 Å². The molecule has 0 heterocycles. The lowest BCUT2D eigenvalue weighted by molar-refractivity contribution is 0.0188. The second-order valence-corrected chi connectivity index (χ2v) is 4.97. The number of ether oxygens (including phenoxy) is 2. The van der Waals surface area contributed by atoms with Crippen molar-refractivity contribution in [1.29, 1.82) is 0 Å². The Hall–Kier alpha value is -1.50. The average molecular weight is 276 g/mol. The largest absolute Gasteiger partial charge is 0.491 e. The molecule has 0 amide bonds. The van der Waals surface area contributed by atoms with Crippen LogP contribution in [0.2, 0.25) is 0 Å². The van der Waals surface area contributed by atoms with Gasteiger partial charge in [-0.05, 0) is 31.0 Å². The third-order valence-electron chi connectivity index (χ3n) is 2.98. The molecule has 0 saturated carbocycles. The third-order valence-corrected chi connectivity index (χ3v) is 2.98. The Labute approximate surface area is 121 Å². The number of hydrogen-bond acceptors (Lipinski definition) is 3. The van der Waals surface area contributed by atoms with E-state index in [1.807, 2.05) is 24.3 Å². The van der Waals surface area contributed by atoms with Gasteiger partial charge in [-0.15, -0.1) is 0 Å². The molecule has 1 unspecified atom stereocenters. The fraction of sp³-hybridized carbons (Fsp3) is 0.529. The summed E-state index contributed by atoms with van der Waals surface area (Å²) in [5, 5.41) is 8.68. The molecule has 0 saturated heterocycles. The van der Waals surface area contributed by atoms with Gasteiger partial charge in [-0.25, -0.2) is 0 Å². The lowest BCUT2D eigenvalue weighted by Crippen LogP contribution is -2.19. The smallest absolute Gasteiger partial charge is 0.120 e. The van der Waals surface area contributed by atoms with Gasteiger partial charge in [0.25, 0.3) is 0 Å². The van der Waals surface area contributed by atoms with E-state index in [1.54, 1.807) is 0 Å². The highest BCUT2D eigenvalue weighted by molar-refractivity contribution is 5.39. The number of benzene rings is 1. The monoisotopic (exact) mass is 276 g/mol. The van der Waals surface area contributed by atoms with E-state index in [9.17, 15) is 0 Å². The molecule has 1 aromatic carbocycles. The van der Waals surface area contributed by atoms with Gasteiger partial charge in [-0.1, -0.05) is 31.8 Å². The zero-order valence-electron chi connectivity index (χ0n) is 12.6. The minimum absolute atomic E-state index is 0.0918. The highest BCUT2D eigenvalue weighted by Crippen LogP contribution is 2.13. The second-order valence-electron chi connectivity index (χ2n) is 4.97. The van der Waals surface area contributed by atoms with E-state index in [4.69, 9.17) is 14.6 Å². The molecular weight excluding hydrogens is 252 g/mol. The zero-order chi connectivity index (χ0) is 14.8. The first-order valence-corrected chi connectivity index (χ1v) is 7.07. The van der Waals surface area contributed by atoms with E-state index in [1.165, 1.54) is 0 Å². The van der Waals surface area contributed by atoms with Gasteiger partial charge in [0, 0.05) is 12.0 Å². The van der Waals surface area contributed by atoms with Gasteiger partial charge in [-0.3, -0.25) is 0 Å². The summed E-state index contributed by atoms with van der Waals surface area (Å²) < 4.78 is 11.3. The van der Waals surface area contributed by atoms with Crippen molar-refractivity contribution >= 4 is 0 Å². The Morgan fingerprint density at radius 3 is 2.70 bits per heavy atom. The minimum Gasteiger partial charge on any atom is -0.491 e. The summed E-state index contributed by atoms with van der Waals surface area (Å²) in [6.45, 7) is 7.56. The molecule has 0 radical (unpaired) electrons.